The van der Waals surface area contributed by atoms with E-state index in [2.05, 4.69) is 5.32 Å². The van der Waals surface area contributed by atoms with Gasteiger partial charge in [-0.15, -0.1) is 0 Å². The van der Waals surface area contributed by atoms with Gasteiger partial charge in [-0.2, -0.15) is 13.2 Å². The van der Waals surface area contributed by atoms with Crippen molar-refractivity contribution in [3.63, 3.8) is 0 Å². The van der Waals surface area contributed by atoms with E-state index in [1.807, 2.05) is 0 Å². The number of halogens is 5. The first-order valence-electron chi connectivity index (χ1n) is 8.63. The third kappa shape index (κ3) is 4.87. The van der Waals surface area contributed by atoms with E-state index in [0.29, 0.717) is 16.7 Å². The minimum absolute atomic E-state index is 0.0766. The van der Waals surface area contributed by atoms with E-state index in [-0.39, 0.29) is 41.1 Å². The second-order valence-electron chi connectivity index (χ2n) is 6.87. The van der Waals surface area contributed by atoms with Gasteiger partial charge in [-0.3, -0.25) is 4.79 Å². The van der Waals surface area contributed by atoms with Crippen LogP contribution in [0.4, 0.5) is 13.2 Å². The fraction of sp³-hybridized carbons (Fsp3) is 0.316. The average Bonchev–Trinajstić information content (AvgIpc) is 2.61. The zero-order chi connectivity index (χ0) is 21.4. The van der Waals surface area contributed by atoms with E-state index in [4.69, 9.17) is 23.2 Å². The lowest BCUT2D eigenvalue weighted by Gasteiger charge is -2.35. The summed E-state index contributed by atoms with van der Waals surface area (Å²) in [4.78, 5) is 11.8. The highest BCUT2D eigenvalue weighted by atomic mass is 35.5. The van der Waals surface area contributed by atoms with Crippen LogP contribution in [-0.2, 0) is 16.0 Å². The minimum Gasteiger partial charge on any atom is -0.352 e. The van der Waals surface area contributed by atoms with Gasteiger partial charge in [-0.05, 0) is 55.2 Å². The Morgan fingerprint density at radius 3 is 2.38 bits per heavy atom. The molecule has 4 nitrogen and oxygen atoms in total. The molecule has 1 amide bonds. The smallest absolute Gasteiger partial charge is 0.352 e. The average molecular weight is 466 g/mol. The van der Waals surface area contributed by atoms with Crippen LogP contribution in [0.2, 0.25) is 10.0 Å². The van der Waals surface area contributed by atoms with E-state index in [9.17, 15) is 26.4 Å². The molecule has 0 radical (unpaired) electrons. The largest absolute Gasteiger partial charge is 0.416 e. The van der Waals surface area contributed by atoms with E-state index in [1.54, 1.807) is 0 Å². The fourth-order valence-corrected chi connectivity index (χ4v) is 5.41. The van der Waals surface area contributed by atoms with Crippen LogP contribution < -0.4 is 5.32 Å². The first-order valence-corrected chi connectivity index (χ1v) is 10.9. The van der Waals surface area contributed by atoms with Crippen molar-refractivity contribution in [1.29, 1.82) is 0 Å². The Bertz CT molecular complexity index is 1040. The second-order valence-corrected chi connectivity index (χ2v) is 9.91. The van der Waals surface area contributed by atoms with Gasteiger partial charge < -0.3 is 5.32 Å². The summed E-state index contributed by atoms with van der Waals surface area (Å²) in [6.07, 6.45) is -4.08. The fourth-order valence-electron chi connectivity index (χ4n) is 3.11. The van der Waals surface area contributed by atoms with E-state index in [1.165, 1.54) is 24.3 Å². The Labute approximate surface area is 175 Å². The van der Waals surface area contributed by atoms with E-state index < -0.39 is 26.8 Å². The number of benzene rings is 2. The minimum atomic E-state index is -4.61. The van der Waals surface area contributed by atoms with Crippen LogP contribution in [0.5, 0.6) is 0 Å². The maximum absolute atomic E-state index is 12.8. The van der Waals surface area contributed by atoms with Gasteiger partial charge in [-0.1, -0.05) is 29.3 Å². The molecule has 29 heavy (non-hydrogen) atoms. The molecule has 2 aromatic rings. The highest BCUT2D eigenvalue weighted by molar-refractivity contribution is 7.92. The molecule has 3 rings (SSSR count). The van der Waals surface area contributed by atoms with Gasteiger partial charge in [0.05, 0.1) is 25.8 Å². The maximum Gasteiger partial charge on any atom is 0.416 e. The van der Waals surface area contributed by atoms with E-state index >= 15 is 0 Å². The molecule has 1 fully saturated rings. The Balaban J connectivity index is 1.58. The number of carbonyl (C=O) groups excluding carboxylic acids is 1. The number of rotatable bonds is 5. The number of hydrogen-bond donors (Lipinski definition) is 1. The highest BCUT2D eigenvalue weighted by Crippen LogP contribution is 2.37. The lowest BCUT2D eigenvalue weighted by molar-refractivity contribution is -0.137. The molecule has 156 valence electrons. The third-order valence-electron chi connectivity index (χ3n) is 4.85. The Hall–Kier alpha value is -1.77. The second kappa shape index (κ2) is 8.16. The van der Waals surface area contributed by atoms with Crippen molar-refractivity contribution >= 4 is 38.9 Å². The summed E-state index contributed by atoms with van der Waals surface area (Å²) in [5, 5.41) is 2.51. The summed E-state index contributed by atoms with van der Waals surface area (Å²) in [6.45, 7) is 0.258. The lowest BCUT2D eigenvalue weighted by Crippen LogP contribution is -2.42. The molecule has 0 saturated heterocycles. The monoisotopic (exact) mass is 465 g/mol. The van der Waals surface area contributed by atoms with Gasteiger partial charge in [0.1, 0.15) is 0 Å². The molecule has 0 spiro atoms. The number of amides is 1. The molecular weight excluding hydrogens is 450 g/mol. The lowest BCUT2D eigenvalue weighted by atomic mass is 9.85. The van der Waals surface area contributed by atoms with Gasteiger partial charge in [-0.25, -0.2) is 8.42 Å². The van der Waals surface area contributed by atoms with Crippen molar-refractivity contribution in [1.82, 2.24) is 5.32 Å². The number of hydrogen-bond acceptors (Lipinski definition) is 3. The summed E-state index contributed by atoms with van der Waals surface area (Å²) in [7, 11) is -3.86. The maximum atomic E-state index is 12.8. The van der Waals surface area contributed by atoms with Crippen molar-refractivity contribution in [2.45, 2.75) is 29.2 Å². The van der Waals surface area contributed by atoms with Crippen molar-refractivity contribution in [3.05, 3.63) is 63.6 Å². The first-order chi connectivity index (χ1) is 13.5. The molecule has 1 aliphatic carbocycles. The van der Waals surface area contributed by atoms with E-state index in [0.717, 1.165) is 12.1 Å². The van der Waals surface area contributed by atoms with Crippen LogP contribution in [-0.4, -0.2) is 26.1 Å². The van der Waals surface area contributed by atoms with Crippen molar-refractivity contribution < 1.29 is 26.4 Å². The molecule has 1 N–H and O–H groups in total. The zero-order valence-electron chi connectivity index (χ0n) is 14.8. The first kappa shape index (κ1) is 21.9. The number of carbonyl (C=O) groups is 1. The summed E-state index contributed by atoms with van der Waals surface area (Å²) in [6, 6.07) is 8.20. The number of sulfone groups is 1. The van der Waals surface area contributed by atoms with Gasteiger partial charge in [0.15, 0.2) is 9.84 Å². The number of alkyl halides is 3. The van der Waals surface area contributed by atoms with Crippen LogP contribution in [0.3, 0.4) is 0 Å². The molecule has 1 saturated carbocycles. The summed E-state index contributed by atoms with van der Waals surface area (Å²) < 4.78 is 63.7. The van der Waals surface area contributed by atoms with Gasteiger partial charge in [0.2, 0.25) is 0 Å². The molecule has 0 heterocycles. The van der Waals surface area contributed by atoms with Crippen molar-refractivity contribution in [2.24, 2.45) is 5.92 Å². The predicted molar refractivity (Wildman–Crippen MR) is 104 cm³/mol. The molecule has 0 bridgehead atoms. The van der Waals surface area contributed by atoms with Gasteiger partial charge >= 0.3 is 6.18 Å². The summed E-state index contributed by atoms with van der Waals surface area (Å²) in [5.74, 6) is -0.444. The zero-order valence-corrected chi connectivity index (χ0v) is 17.2. The van der Waals surface area contributed by atoms with Gasteiger partial charge in [0, 0.05) is 12.1 Å². The predicted octanol–water partition coefficient (Wildman–Crippen LogP) is 4.99. The Morgan fingerprint density at radius 1 is 1.07 bits per heavy atom. The molecule has 2 aromatic carbocycles. The number of nitrogens with one attached hydrogen (secondary N) is 1. The quantitative estimate of drug-likeness (QED) is 0.675. The molecule has 0 atom stereocenters. The molecule has 0 unspecified atom stereocenters. The summed E-state index contributed by atoms with van der Waals surface area (Å²) >= 11 is 11.7. The molecular formula is C19H16Cl2F3NO3S. The highest BCUT2D eigenvalue weighted by Gasteiger charge is 2.40. The Morgan fingerprint density at radius 2 is 1.76 bits per heavy atom. The molecule has 0 aliphatic heterocycles. The topological polar surface area (TPSA) is 63.2 Å². The van der Waals surface area contributed by atoms with Crippen LogP contribution >= 0.6 is 23.2 Å². The van der Waals surface area contributed by atoms with Crippen molar-refractivity contribution in [2.75, 3.05) is 6.54 Å². The summed E-state index contributed by atoms with van der Waals surface area (Å²) in [5.41, 5.74) is -0.671. The SMILES string of the molecule is O=C(NCC1CC(S(=O)(=O)c2cccc(C(F)(F)F)c2)C1)c1ccc(Cl)c(Cl)c1. The molecule has 1 aliphatic rings. The third-order valence-corrected chi connectivity index (χ3v) is 7.77. The molecule has 10 heteroatoms. The molecule has 0 aromatic heterocycles. The normalized spacial score (nSPS) is 19.5. The Kier molecular flexibility index (Phi) is 6.17. The van der Waals surface area contributed by atoms with Crippen LogP contribution in [0.25, 0.3) is 0 Å². The van der Waals surface area contributed by atoms with Gasteiger partial charge in [0.25, 0.3) is 5.91 Å². The van der Waals surface area contributed by atoms with Crippen LogP contribution in [0, 0.1) is 5.92 Å². The standard InChI is InChI=1S/C19H16Cl2F3NO3S/c20-16-5-4-12(8-17(16)21)18(26)25-10-11-6-15(7-11)29(27,28)14-3-1-2-13(9-14)19(22,23)24/h1-5,8-9,11,15H,6-7,10H2,(H,25,26). The van der Waals surface area contributed by atoms with Crippen LogP contribution in [0.1, 0.15) is 28.8 Å². The van der Waals surface area contributed by atoms with Crippen molar-refractivity contribution in [3.8, 4) is 0 Å². The van der Waals surface area contributed by atoms with Crippen LogP contribution in [0.15, 0.2) is 47.4 Å².